The molecule has 0 N–H and O–H groups in total. The molecule has 0 saturated carbocycles. The maximum atomic E-state index is 6.03. The highest BCUT2D eigenvalue weighted by atomic mass is 35.7. The lowest BCUT2D eigenvalue weighted by Crippen LogP contribution is -2.32. The third-order valence-electron chi connectivity index (χ3n) is 1.62. The van der Waals surface area contributed by atoms with Crippen molar-refractivity contribution in [2.45, 2.75) is 12.4 Å². The molecule has 0 nitrogen and oxygen atoms in total. The average molecular weight is 240 g/mol. The van der Waals surface area contributed by atoms with Crippen molar-refractivity contribution in [1.82, 2.24) is 0 Å². The second-order valence-electron chi connectivity index (χ2n) is 2.72. The highest BCUT2D eigenvalue weighted by Gasteiger charge is 2.23. The fourth-order valence-corrected chi connectivity index (χ4v) is 2.57. The maximum Gasteiger partial charge on any atom is 0.277 e. The van der Waals surface area contributed by atoms with E-state index in [9.17, 15) is 0 Å². The summed E-state index contributed by atoms with van der Waals surface area (Å²) in [6, 6.07) is 7.81. The second kappa shape index (κ2) is 4.01. The number of rotatable bonds is 2. The second-order valence-corrected chi connectivity index (χ2v) is 10.5. The van der Waals surface area contributed by atoms with Gasteiger partial charge < -0.3 is 0 Å². The van der Waals surface area contributed by atoms with Crippen LogP contribution in [0.1, 0.15) is 5.56 Å². The van der Waals surface area contributed by atoms with Crippen molar-refractivity contribution in [1.29, 1.82) is 0 Å². The summed E-state index contributed by atoms with van der Waals surface area (Å²) < 4.78 is 0. The number of hydrogen-bond donors (Lipinski definition) is 0. The molecule has 1 aromatic rings. The van der Waals surface area contributed by atoms with Gasteiger partial charge in [0.05, 0.1) is 0 Å². The largest absolute Gasteiger partial charge is 0.277 e. The molecule has 0 spiro atoms. The van der Waals surface area contributed by atoms with Crippen LogP contribution in [0.5, 0.6) is 0 Å². The molecule has 66 valence electrons. The molecule has 0 aliphatic heterocycles. The Hall–Kier alpha value is 0.307. The van der Waals surface area contributed by atoms with Crippen LogP contribution < -0.4 is 5.19 Å². The number of hydrogen-bond acceptors (Lipinski definition) is 0. The van der Waals surface area contributed by atoms with Gasteiger partial charge in [0.25, 0.3) is 6.69 Å². The average Bonchev–Trinajstić information content (AvgIpc) is 2.03. The van der Waals surface area contributed by atoms with Crippen molar-refractivity contribution in [3.05, 3.63) is 29.8 Å². The molecule has 0 amide bonds. The Bertz CT molecular complexity index is 250. The van der Waals surface area contributed by atoms with Crippen LogP contribution in [0, 0.1) is 0 Å². The fraction of sp³-hybridized carbons (Fsp3) is 0.250. The molecule has 0 bridgehead atoms. The zero-order valence-electron chi connectivity index (χ0n) is 6.65. The lowest BCUT2D eigenvalue weighted by molar-refractivity contribution is 1.41. The first-order chi connectivity index (χ1) is 5.54. The first kappa shape index (κ1) is 10.4. The van der Waals surface area contributed by atoms with Gasteiger partial charge in [0.15, 0.2) is 0 Å². The van der Waals surface area contributed by atoms with Crippen LogP contribution in [-0.2, 0) is 5.88 Å². The summed E-state index contributed by atoms with van der Waals surface area (Å²) in [7, 11) is 0. The first-order valence-electron chi connectivity index (χ1n) is 3.57. The van der Waals surface area contributed by atoms with Crippen molar-refractivity contribution in [3.8, 4) is 0 Å². The molecule has 0 aliphatic rings. The first-order valence-corrected chi connectivity index (χ1v) is 8.63. The van der Waals surface area contributed by atoms with E-state index in [2.05, 4.69) is 0 Å². The summed E-state index contributed by atoms with van der Waals surface area (Å²) in [5.74, 6) is 0.531. The smallest absolute Gasteiger partial charge is 0.140 e. The van der Waals surface area contributed by atoms with Crippen LogP contribution in [0.25, 0.3) is 0 Å². The summed E-state index contributed by atoms with van der Waals surface area (Å²) in [6.07, 6.45) is 0. The summed E-state index contributed by atoms with van der Waals surface area (Å²) in [4.78, 5) is 0. The van der Waals surface area contributed by atoms with Crippen molar-refractivity contribution < 1.29 is 0 Å². The standard InChI is InChI=1S/C8H9Cl3Si/c1-12(10,11)8-4-2-7(6-9)3-5-8/h2-5H,6H2,1H3. The third kappa shape index (κ3) is 2.66. The van der Waals surface area contributed by atoms with E-state index < -0.39 is 6.69 Å². The van der Waals surface area contributed by atoms with Crippen LogP contribution in [0.15, 0.2) is 24.3 Å². The third-order valence-corrected chi connectivity index (χ3v) is 4.58. The number of benzene rings is 1. The van der Waals surface area contributed by atoms with E-state index in [4.69, 9.17) is 33.8 Å². The molecule has 4 heteroatoms. The lowest BCUT2D eigenvalue weighted by atomic mass is 10.2. The van der Waals surface area contributed by atoms with Crippen molar-refractivity contribution >= 4 is 45.6 Å². The van der Waals surface area contributed by atoms with Gasteiger partial charge in [0, 0.05) is 5.88 Å². The molecule has 12 heavy (non-hydrogen) atoms. The SMILES string of the molecule is C[Si](Cl)(Cl)c1ccc(CCl)cc1. The molecule has 0 aliphatic carbocycles. The quantitative estimate of drug-likeness (QED) is 0.422. The Kier molecular flexibility index (Phi) is 3.47. The molecule has 1 rings (SSSR count). The Balaban J connectivity index is 2.93. The molecule has 0 heterocycles. The Morgan fingerprint density at radius 3 is 2.00 bits per heavy atom. The Morgan fingerprint density at radius 1 is 1.17 bits per heavy atom. The molecule has 0 fully saturated rings. The highest BCUT2D eigenvalue weighted by Crippen LogP contribution is 2.14. The zero-order chi connectivity index (χ0) is 9.19. The minimum atomic E-state index is -2.17. The predicted molar refractivity (Wildman–Crippen MR) is 59.0 cm³/mol. The van der Waals surface area contributed by atoms with Crippen molar-refractivity contribution in [2.75, 3.05) is 0 Å². The van der Waals surface area contributed by atoms with Crippen molar-refractivity contribution in [2.24, 2.45) is 0 Å². The topological polar surface area (TPSA) is 0 Å². The molecule has 0 aromatic heterocycles. The molecule has 0 unspecified atom stereocenters. The van der Waals surface area contributed by atoms with E-state index in [0.717, 1.165) is 10.8 Å². The van der Waals surface area contributed by atoms with Crippen molar-refractivity contribution in [3.63, 3.8) is 0 Å². The van der Waals surface area contributed by atoms with Gasteiger partial charge in [-0.1, -0.05) is 24.3 Å². The van der Waals surface area contributed by atoms with Crippen LogP contribution in [-0.4, -0.2) is 6.69 Å². The van der Waals surface area contributed by atoms with Gasteiger partial charge in [-0.25, -0.2) is 0 Å². The van der Waals surface area contributed by atoms with Gasteiger partial charge >= 0.3 is 0 Å². The van der Waals surface area contributed by atoms with E-state index in [0.29, 0.717) is 5.88 Å². The van der Waals surface area contributed by atoms with Crippen LogP contribution in [0.4, 0.5) is 0 Å². The molecular formula is C8H9Cl3Si. The van der Waals surface area contributed by atoms with E-state index >= 15 is 0 Å². The van der Waals surface area contributed by atoms with Gasteiger partial charge in [0.2, 0.25) is 0 Å². The molecule has 0 saturated heterocycles. The fourth-order valence-electron chi connectivity index (χ4n) is 0.886. The summed E-state index contributed by atoms with van der Waals surface area (Å²) >= 11 is 17.7. The minimum absolute atomic E-state index is 0.531. The van der Waals surface area contributed by atoms with Crippen LogP contribution >= 0.6 is 33.8 Å². The van der Waals surface area contributed by atoms with E-state index in [1.807, 2.05) is 30.8 Å². The summed E-state index contributed by atoms with van der Waals surface area (Å²) in [5, 5.41) is 1.03. The number of halogens is 3. The highest BCUT2D eigenvalue weighted by molar-refractivity contribution is 7.50. The molecule has 0 atom stereocenters. The maximum absolute atomic E-state index is 6.03. The monoisotopic (exact) mass is 238 g/mol. The van der Waals surface area contributed by atoms with Gasteiger partial charge in [-0.3, -0.25) is 0 Å². The minimum Gasteiger partial charge on any atom is -0.140 e. The molecular weight excluding hydrogens is 231 g/mol. The van der Waals surface area contributed by atoms with Gasteiger partial charge in [-0.05, 0) is 17.3 Å². The zero-order valence-corrected chi connectivity index (χ0v) is 9.92. The normalized spacial score (nSPS) is 11.7. The molecule has 1 aromatic carbocycles. The van der Waals surface area contributed by atoms with E-state index in [1.165, 1.54) is 0 Å². The predicted octanol–water partition coefficient (Wildman–Crippen LogP) is 3.18. The molecule has 0 radical (unpaired) electrons. The Labute approximate surface area is 87.9 Å². The van der Waals surface area contributed by atoms with Crippen LogP contribution in [0.3, 0.4) is 0 Å². The van der Waals surface area contributed by atoms with Gasteiger partial charge in [-0.15, -0.1) is 33.8 Å². The van der Waals surface area contributed by atoms with E-state index in [-0.39, 0.29) is 0 Å². The summed E-state index contributed by atoms with van der Waals surface area (Å²) in [6.45, 7) is -0.287. The number of alkyl halides is 1. The summed E-state index contributed by atoms with van der Waals surface area (Å²) in [5.41, 5.74) is 1.09. The van der Waals surface area contributed by atoms with Crippen LogP contribution in [0.2, 0.25) is 6.55 Å². The van der Waals surface area contributed by atoms with Gasteiger partial charge in [0.1, 0.15) is 0 Å². The van der Waals surface area contributed by atoms with Gasteiger partial charge in [-0.2, -0.15) is 0 Å². The van der Waals surface area contributed by atoms with E-state index in [1.54, 1.807) is 0 Å². The lowest BCUT2D eigenvalue weighted by Gasteiger charge is -2.10. The Morgan fingerprint density at radius 2 is 1.67 bits per heavy atom.